The molecule has 0 aliphatic heterocycles. The lowest BCUT2D eigenvalue weighted by Crippen LogP contribution is -2.23. The van der Waals surface area contributed by atoms with Crippen LogP contribution in [0.4, 0.5) is 5.69 Å². The van der Waals surface area contributed by atoms with Crippen molar-refractivity contribution in [3.8, 4) is 0 Å². The minimum absolute atomic E-state index is 0.0310. The quantitative estimate of drug-likeness (QED) is 0.880. The third-order valence-corrected chi connectivity index (χ3v) is 3.80. The van der Waals surface area contributed by atoms with Crippen LogP contribution in [-0.2, 0) is 6.54 Å². The van der Waals surface area contributed by atoms with E-state index >= 15 is 0 Å². The van der Waals surface area contributed by atoms with Crippen LogP contribution in [0, 0.1) is 6.92 Å². The van der Waals surface area contributed by atoms with E-state index in [2.05, 4.69) is 48.3 Å². The van der Waals surface area contributed by atoms with Crippen LogP contribution >= 0.6 is 0 Å². The monoisotopic (exact) mass is 296 g/mol. The normalized spacial score (nSPS) is 10.3. The Bertz CT molecular complexity index is 616. The van der Waals surface area contributed by atoms with Crippen molar-refractivity contribution < 1.29 is 4.79 Å². The highest BCUT2D eigenvalue weighted by molar-refractivity contribution is 5.94. The molecular formula is C19H24N2O. The van der Waals surface area contributed by atoms with Crippen LogP contribution in [0.15, 0.2) is 48.5 Å². The Morgan fingerprint density at radius 3 is 2.32 bits per heavy atom. The molecule has 2 aromatic rings. The molecule has 0 unspecified atom stereocenters. The van der Waals surface area contributed by atoms with Gasteiger partial charge in [0.1, 0.15) is 0 Å². The first-order chi connectivity index (χ1) is 10.6. The summed E-state index contributed by atoms with van der Waals surface area (Å²) in [5.41, 5.74) is 4.13. The number of anilines is 1. The molecule has 0 bridgehead atoms. The molecule has 2 aromatic carbocycles. The van der Waals surface area contributed by atoms with Crippen LogP contribution in [0.2, 0.25) is 0 Å². The van der Waals surface area contributed by atoms with Gasteiger partial charge in [-0.15, -0.1) is 0 Å². The van der Waals surface area contributed by atoms with E-state index in [1.54, 1.807) is 0 Å². The van der Waals surface area contributed by atoms with Crippen molar-refractivity contribution in [2.45, 2.75) is 27.3 Å². The average molecular weight is 296 g/mol. The van der Waals surface area contributed by atoms with Gasteiger partial charge in [-0.05, 0) is 50.6 Å². The molecule has 3 heteroatoms. The van der Waals surface area contributed by atoms with Crippen molar-refractivity contribution in [2.75, 3.05) is 18.0 Å². The zero-order valence-electron chi connectivity index (χ0n) is 13.6. The molecule has 0 spiro atoms. The summed E-state index contributed by atoms with van der Waals surface area (Å²) in [6, 6.07) is 16.0. The number of benzene rings is 2. The number of rotatable bonds is 6. The van der Waals surface area contributed by atoms with Gasteiger partial charge in [-0.2, -0.15) is 0 Å². The van der Waals surface area contributed by atoms with Gasteiger partial charge in [-0.1, -0.05) is 29.8 Å². The van der Waals surface area contributed by atoms with Crippen LogP contribution in [0.5, 0.6) is 0 Å². The van der Waals surface area contributed by atoms with E-state index in [1.807, 2.05) is 31.2 Å². The van der Waals surface area contributed by atoms with E-state index < -0.39 is 0 Å². The van der Waals surface area contributed by atoms with Gasteiger partial charge in [0.25, 0.3) is 5.91 Å². The van der Waals surface area contributed by atoms with Gasteiger partial charge in [0.15, 0.2) is 0 Å². The van der Waals surface area contributed by atoms with Gasteiger partial charge < -0.3 is 10.2 Å². The van der Waals surface area contributed by atoms with Crippen molar-refractivity contribution in [1.82, 2.24) is 5.32 Å². The molecule has 0 aliphatic carbocycles. The Balaban J connectivity index is 1.95. The van der Waals surface area contributed by atoms with Crippen LogP contribution in [-0.4, -0.2) is 19.0 Å². The second kappa shape index (κ2) is 7.64. The lowest BCUT2D eigenvalue weighted by molar-refractivity contribution is 0.0951. The van der Waals surface area contributed by atoms with Crippen LogP contribution in [0.25, 0.3) is 0 Å². The summed E-state index contributed by atoms with van der Waals surface area (Å²) >= 11 is 0. The predicted molar refractivity (Wildman–Crippen MR) is 92.4 cm³/mol. The first kappa shape index (κ1) is 16.1. The van der Waals surface area contributed by atoms with Crippen LogP contribution in [0.1, 0.15) is 35.3 Å². The standard InChI is InChI=1S/C19H24N2O/c1-4-21(5-2)18-11-9-16(10-12-18)14-20-19(22)17-8-6-7-15(3)13-17/h6-13H,4-5,14H2,1-3H3,(H,20,22). The molecule has 0 aliphatic rings. The summed E-state index contributed by atoms with van der Waals surface area (Å²) < 4.78 is 0. The van der Waals surface area contributed by atoms with Gasteiger partial charge >= 0.3 is 0 Å². The number of amides is 1. The Labute approximate surface area is 133 Å². The molecule has 0 radical (unpaired) electrons. The zero-order chi connectivity index (χ0) is 15.9. The number of aryl methyl sites for hydroxylation is 1. The second-order valence-electron chi connectivity index (χ2n) is 5.39. The minimum Gasteiger partial charge on any atom is -0.372 e. The van der Waals surface area contributed by atoms with Gasteiger partial charge in [0.2, 0.25) is 0 Å². The summed E-state index contributed by atoms with van der Waals surface area (Å²) in [7, 11) is 0. The summed E-state index contributed by atoms with van der Waals surface area (Å²) in [5.74, 6) is -0.0310. The molecule has 116 valence electrons. The molecule has 1 amide bonds. The van der Waals surface area contributed by atoms with Crippen molar-refractivity contribution in [1.29, 1.82) is 0 Å². The highest BCUT2D eigenvalue weighted by atomic mass is 16.1. The van der Waals surface area contributed by atoms with E-state index in [9.17, 15) is 4.79 Å². The molecule has 0 saturated heterocycles. The molecule has 1 N–H and O–H groups in total. The fourth-order valence-electron chi connectivity index (χ4n) is 2.48. The van der Waals surface area contributed by atoms with Crippen LogP contribution in [0.3, 0.4) is 0 Å². The number of hydrogen-bond acceptors (Lipinski definition) is 2. The molecule has 22 heavy (non-hydrogen) atoms. The summed E-state index contributed by atoms with van der Waals surface area (Å²) in [6.07, 6.45) is 0. The van der Waals surface area contributed by atoms with Crippen molar-refractivity contribution in [3.63, 3.8) is 0 Å². The molecule has 0 saturated carbocycles. The smallest absolute Gasteiger partial charge is 0.251 e. The maximum atomic E-state index is 12.1. The van der Waals surface area contributed by atoms with Gasteiger partial charge in [0.05, 0.1) is 0 Å². The number of nitrogens with zero attached hydrogens (tertiary/aromatic N) is 1. The fraction of sp³-hybridized carbons (Fsp3) is 0.316. The number of nitrogens with one attached hydrogen (secondary N) is 1. The van der Waals surface area contributed by atoms with Crippen molar-refractivity contribution in [2.24, 2.45) is 0 Å². The fourth-order valence-corrected chi connectivity index (χ4v) is 2.48. The molecule has 0 fully saturated rings. The highest BCUT2D eigenvalue weighted by Crippen LogP contribution is 2.15. The zero-order valence-corrected chi connectivity index (χ0v) is 13.6. The first-order valence-electron chi connectivity index (χ1n) is 7.82. The highest BCUT2D eigenvalue weighted by Gasteiger charge is 2.06. The Kier molecular flexibility index (Phi) is 5.59. The lowest BCUT2D eigenvalue weighted by Gasteiger charge is -2.21. The largest absolute Gasteiger partial charge is 0.372 e. The van der Waals surface area contributed by atoms with E-state index in [-0.39, 0.29) is 5.91 Å². The predicted octanol–water partition coefficient (Wildman–Crippen LogP) is 3.77. The third-order valence-electron chi connectivity index (χ3n) is 3.80. The Morgan fingerprint density at radius 2 is 1.73 bits per heavy atom. The number of hydrogen-bond donors (Lipinski definition) is 1. The third kappa shape index (κ3) is 4.10. The van der Waals surface area contributed by atoms with Gasteiger partial charge in [-0.3, -0.25) is 4.79 Å². The maximum absolute atomic E-state index is 12.1. The molecule has 0 heterocycles. The topological polar surface area (TPSA) is 32.3 Å². The minimum atomic E-state index is -0.0310. The van der Waals surface area contributed by atoms with Crippen molar-refractivity contribution >= 4 is 11.6 Å². The summed E-state index contributed by atoms with van der Waals surface area (Å²) in [6.45, 7) is 8.84. The first-order valence-corrected chi connectivity index (χ1v) is 7.82. The number of carbonyl (C=O) groups is 1. The molecule has 2 rings (SSSR count). The molecule has 3 nitrogen and oxygen atoms in total. The van der Waals surface area contributed by atoms with E-state index in [1.165, 1.54) is 5.69 Å². The lowest BCUT2D eigenvalue weighted by atomic mass is 10.1. The second-order valence-corrected chi connectivity index (χ2v) is 5.39. The molecule has 0 atom stereocenters. The molecular weight excluding hydrogens is 272 g/mol. The van der Waals surface area contributed by atoms with Crippen LogP contribution < -0.4 is 10.2 Å². The average Bonchev–Trinajstić information content (AvgIpc) is 2.55. The Morgan fingerprint density at radius 1 is 1.05 bits per heavy atom. The maximum Gasteiger partial charge on any atom is 0.251 e. The molecule has 0 aromatic heterocycles. The van der Waals surface area contributed by atoms with E-state index in [0.717, 1.165) is 24.2 Å². The summed E-state index contributed by atoms with van der Waals surface area (Å²) in [4.78, 5) is 14.4. The summed E-state index contributed by atoms with van der Waals surface area (Å²) in [5, 5.41) is 2.97. The van der Waals surface area contributed by atoms with Gasteiger partial charge in [0, 0.05) is 30.9 Å². The Hall–Kier alpha value is -2.29. The van der Waals surface area contributed by atoms with Crippen molar-refractivity contribution in [3.05, 3.63) is 65.2 Å². The SMILES string of the molecule is CCN(CC)c1ccc(CNC(=O)c2cccc(C)c2)cc1. The number of carbonyl (C=O) groups excluding carboxylic acids is 1. The van der Waals surface area contributed by atoms with Gasteiger partial charge in [-0.25, -0.2) is 0 Å². The van der Waals surface area contributed by atoms with E-state index in [4.69, 9.17) is 0 Å². The van der Waals surface area contributed by atoms with E-state index in [0.29, 0.717) is 12.1 Å².